The molecule has 3 amide bonds. The van der Waals surface area contributed by atoms with Crippen LogP contribution in [0.1, 0.15) is 25.6 Å². The first kappa shape index (κ1) is 27.3. The van der Waals surface area contributed by atoms with E-state index in [0.717, 1.165) is 5.39 Å². The molecule has 4 rings (SSSR count). The summed E-state index contributed by atoms with van der Waals surface area (Å²) in [6.07, 6.45) is -3.64. The maximum Gasteiger partial charge on any atom is 0.471 e. The number of nitriles is 1. The van der Waals surface area contributed by atoms with Crippen molar-refractivity contribution >= 4 is 28.5 Å². The lowest BCUT2D eigenvalue weighted by molar-refractivity contribution is -0.175. The number of likely N-dealkylation sites (tertiary alicyclic amines) is 1. The summed E-state index contributed by atoms with van der Waals surface area (Å²) in [4.78, 5) is 41.5. The second-order valence-electron chi connectivity index (χ2n) is 10.6. The Balaban J connectivity index is 1.61. The molecule has 2 N–H and O–H groups in total. The fourth-order valence-corrected chi connectivity index (χ4v) is 5.46. The van der Waals surface area contributed by atoms with Gasteiger partial charge < -0.3 is 20.4 Å². The van der Waals surface area contributed by atoms with Crippen molar-refractivity contribution in [2.45, 2.75) is 38.1 Å². The van der Waals surface area contributed by atoms with Crippen LogP contribution in [0.3, 0.4) is 0 Å². The number of nitrogens with one attached hydrogen (secondary N) is 2. The van der Waals surface area contributed by atoms with Gasteiger partial charge in [-0.25, -0.2) is 0 Å². The Morgan fingerprint density at radius 1 is 1.24 bits per heavy atom. The largest absolute Gasteiger partial charge is 0.471 e. The number of piperidine rings is 1. The van der Waals surface area contributed by atoms with Crippen LogP contribution in [-0.2, 0) is 14.4 Å². The van der Waals surface area contributed by atoms with Crippen molar-refractivity contribution in [1.82, 2.24) is 30.6 Å². The summed E-state index contributed by atoms with van der Waals surface area (Å²) in [7, 11) is 3.11. The molecule has 202 valence electrons. The summed E-state index contributed by atoms with van der Waals surface area (Å²) in [5.41, 5.74) is -0.0451. The topological polar surface area (TPSA) is 131 Å². The van der Waals surface area contributed by atoms with Gasteiger partial charge >= 0.3 is 12.1 Å². The lowest BCUT2D eigenvalue weighted by Crippen LogP contribution is -2.59. The van der Waals surface area contributed by atoms with E-state index >= 15 is 0 Å². The molecule has 1 saturated carbocycles. The molecule has 0 spiro atoms. The highest BCUT2D eigenvalue weighted by molar-refractivity contribution is 5.95. The van der Waals surface area contributed by atoms with Crippen molar-refractivity contribution in [2.24, 2.45) is 17.3 Å². The van der Waals surface area contributed by atoms with Gasteiger partial charge in [0.15, 0.2) is 6.04 Å². The quantitative estimate of drug-likeness (QED) is 0.552. The summed E-state index contributed by atoms with van der Waals surface area (Å²) in [5.74, 6) is -3.97. The monoisotopic (exact) mass is 531 g/mol. The Bertz CT molecular complexity index is 1300. The van der Waals surface area contributed by atoms with Crippen molar-refractivity contribution < 1.29 is 27.6 Å². The molecule has 1 aromatic carbocycles. The zero-order valence-corrected chi connectivity index (χ0v) is 21.3. The third-order valence-electron chi connectivity index (χ3n) is 7.46. The third-order valence-corrected chi connectivity index (χ3v) is 7.46. The molecule has 5 atom stereocenters. The number of carbonyl (C=O) groups excluding carboxylic acids is 3. The number of rotatable bonds is 7. The van der Waals surface area contributed by atoms with E-state index in [1.54, 1.807) is 43.7 Å². The molecule has 2 heterocycles. The van der Waals surface area contributed by atoms with E-state index in [1.807, 2.05) is 19.9 Å². The van der Waals surface area contributed by atoms with Crippen LogP contribution in [0.15, 0.2) is 30.5 Å². The van der Waals surface area contributed by atoms with Crippen molar-refractivity contribution in [3.63, 3.8) is 0 Å². The number of fused-ring (bicyclic) bond motifs is 2. The third kappa shape index (κ3) is 5.00. The lowest BCUT2D eigenvalue weighted by atomic mass is 9.99. The first-order valence-corrected chi connectivity index (χ1v) is 12.0. The molecule has 2 fully saturated rings. The Morgan fingerprint density at radius 2 is 1.92 bits per heavy atom. The van der Waals surface area contributed by atoms with E-state index < -0.39 is 42.0 Å². The van der Waals surface area contributed by atoms with Crippen LogP contribution in [0.4, 0.5) is 13.2 Å². The fraction of sp³-hybridized carbons (Fsp3) is 0.520. The average molecular weight is 532 g/mol. The van der Waals surface area contributed by atoms with Crippen molar-refractivity contribution in [3.05, 3.63) is 36.2 Å². The van der Waals surface area contributed by atoms with Gasteiger partial charge in [0.05, 0.1) is 12.3 Å². The highest BCUT2D eigenvalue weighted by Crippen LogP contribution is 2.65. The molecule has 0 radical (unpaired) electrons. The number of aromatic nitrogens is 2. The van der Waals surface area contributed by atoms with Crippen LogP contribution < -0.4 is 10.6 Å². The Labute approximate surface area is 217 Å². The molecule has 10 nitrogen and oxygen atoms in total. The van der Waals surface area contributed by atoms with Crippen LogP contribution in [0.2, 0.25) is 0 Å². The molecule has 2 unspecified atom stereocenters. The highest BCUT2D eigenvalue weighted by atomic mass is 19.4. The minimum Gasteiger partial charge on any atom is -0.335 e. The molecule has 1 aliphatic carbocycles. The Morgan fingerprint density at radius 3 is 2.55 bits per heavy atom. The van der Waals surface area contributed by atoms with Crippen molar-refractivity contribution in [2.75, 3.05) is 27.2 Å². The minimum atomic E-state index is -5.17. The Hall–Kier alpha value is -3.79. The number of alkyl halides is 3. The SMILES string of the molecule is CN(C)CC(NC(=O)C(F)(F)F)C(=O)N1C[C@H]2[C@@H]([C@H]1C(=O)NC(C#N)c1nncc3ccccc13)C2(C)C. The smallest absolute Gasteiger partial charge is 0.335 e. The zero-order valence-electron chi connectivity index (χ0n) is 21.3. The number of benzene rings is 1. The molecule has 0 bridgehead atoms. The maximum absolute atomic E-state index is 13.6. The average Bonchev–Trinajstić information content (AvgIpc) is 3.17. The van der Waals surface area contributed by atoms with Gasteiger partial charge in [-0.15, -0.1) is 0 Å². The van der Waals surface area contributed by atoms with Gasteiger partial charge in [-0.1, -0.05) is 38.1 Å². The molecule has 1 saturated heterocycles. The molecular formula is C25H28F3N7O3. The van der Waals surface area contributed by atoms with Crippen LogP contribution in [-0.4, -0.2) is 83.2 Å². The molecule has 1 aliphatic heterocycles. The number of likely N-dealkylation sites (N-methyl/N-ethyl adjacent to an activating group) is 1. The molecule has 1 aromatic heterocycles. The normalized spacial score (nSPS) is 23.3. The zero-order chi connectivity index (χ0) is 28.0. The highest BCUT2D eigenvalue weighted by Gasteiger charge is 2.69. The lowest BCUT2D eigenvalue weighted by Gasteiger charge is -2.34. The van der Waals surface area contributed by atoms with E-state index in [0.29, 0.717) is 5.39 Å². The Kier molecular flexibility index (Phi) is 7.05. The summed E-state index contributed by atoms with van der Waals surface area (Å²) < 4.78 is 38.9. The molecular weight excluding hydrogens is 503 g/mol. The molecule has 2 aliphatic rings. The van der Waals surface area contributed by atoms with Crippen LogP contribution in [0.5, 0.6) is 0 Å². The first-order valence-electron chi connectivity index (χ1n) is 12.0. The summed E-state index contributed by atoms with van der Waals surface area (Å²) in [5, 5.41) is 23.6. The van der Waals surface area contributed by atoms with Gasteiger partial charge in [-0.3, -0.25) is 14.4 Å². The number of hydrogen-bond acceptors (Lipinski definition) is 7. The molecule has 13 heteroatoms. The minimum absolute atomic E-state index is 0.0570. The summed E-state index contributed by atoms with van der Waals surface area (Å²) >= 11 is 0. The molecule has 2 aromatic rings. The van der Waals surface area contributed by atoms with Crippen LogP contribution in [0.25, 0.3) is 10.8 Å². The predicted octanol–water partition coefficient (Wildman–Crippen LogP) is 1.40. The van der Waals surface area contributed by atoms with Crippen molar-refractivity contribution in [1.29, 1.82) is 5.26 Å². The van der Waals surface area contributed by atoms with Gasteiger partial charge in [-0.2, -0.15) is 28.6 Å². The second-order valence-corrected chi connectivity index (χ2v) is 10.6. The standard InChI is InChI=1S/C25H28F3N7O3/c1-24(2)15-11-35(22(37)17(12-34(3)4)32-23(38)25(26,27)28)20(18(15)24)21(36)31-16(9-29)19-14-8-6-5-7-13(14)10-30-33-19/h5-8,10,15-18,20H,11-12H2,1-4H3,(H,31,36)(H,32,38)/t15-,16?,17?,18-,20-/m0/s1. The number of halogens is 3. The summed E-state index contributed by atoms with van der Waals surface area (Å²) in [6, 6.07) is 5.39. The van der Waals surface area contributed by atoms with Gasteiger partial charge in [0.25, 0.3) is 0 Å². The van der Waals surface area contributed by atoms with E-state index in [2.05, 4.69) is 15.5 Å². The number of amides is 3. The first-order chi connectivity index (χ1) is 17.8. The van der Waals surface area contributed by atoms with Crippen molar-refractivity contribution in [3.8, 4) is 6.07 Å². The number of nitrogens with zero attached hydrogens (tertiary/aromatic N) is 5. The van der Waals surface area contributed by atoms with Crippen LogP contribution >= 0.6 is 0 Å². The predicted molar refractivity (Wildman–Crippen MR) is 129 cm³/mol. The number of carbonyl (C=O) groups is 3. The van der Waals surface area contributed by atoms with Gasteiger partial charge in [0.2, 0.25) is 11.8 Å². The fourth-order valence-electron chi connectivity index (χ4n) is 5.46. The molecule has 38 heavy (non-hydrogen) atoms. The number of hydrogen-bond donors (Lipinski definition) is 2. The van der Waals surface area contributed by atoms with E-state index in [9.17, 15) is 32.8 Å². The van der Waals surface area contributed by atoms with Crippen LogP contribution in [0, 0.1) is 28.6 Å². The van der Waals surface area contributed by atoms with E-state index in [1.165, 1.54) is 16.0 Å². The van der Waals surface area contributed by atoms with Gasteiger partial charge in [-0.05, 0) is 31.3 Å². The van der Waals surface area contributed by atoms with E-state index in [4.69, 9.17) is 0 Å². The van der Waals surface area contributed by atoms with Gasteiger partial charge in [0.1, 0.15) is 17.8 Å². The second kappa shape index (κ2) is 9.83. The maximum atomic E-state index is 13.6. The van der Waals surface area contributed by atoms with E-state index in [-0.39, 0.29) is 36.0 Å². The van der Waals surface area contributed by atoms with Gasteiger partial charge in [0, 0.05) is 23.9 Å². The summed E-state index contributed by atoms with van der Waals surface area (Å²) in [6.45, 7) is 3.85.